The van der Waals surface area contributed by atoms with Crippen LogP contribution in [-0.4, -0.2) is 18.9 Å². The summed E-state index contributed by atoms with van der Waals surface area (Å²) >= 11 is 0. The number of benzene rings is 1. The monoisotopic (exact) mass is 230 g/mol. The number of hydrogen-bond acceptors (Lipinski definition) is 4. The molecule has 1 aromatic rings. The van der Waals surface area contributed by atoms with Crippen molar-refractivity contribution in [2.45, 2.75) is 18.2 Å². The molecule has 1 rings (SSSR count). The fourth-order valence-corrected chi connectivity index (χ4v) is 1.56. The quantitative estimate of drug-likeness (QED) is 0.480. The molecule has 15 heavy (non-hydrogen) atoms. The van der Waals surface area contributed by atoms with Crippen molar-refractivity contribution < 1.29 is 22.5 Å². The summed E-state index contributed by atoms with van der Waals surface area (Å²) in [5, 5.41) is 0. The zero-order valence-corrected chi connectivity index (χ0v) is 8.82. The summed E-state index contributed by atoms with van der Waals surface area (Å²) in [5.74, 6) is -0.724. The Bertz CT molecular complexity index is 463. The molecule has 0 saturated carbocycles. The highest BCUT2D eigenvalue weighted by molar-refractivity contribution is 7.86. The van der Waals surface area contributed by atoms with E-state index in [9.17, 15) is 13.2 Å². The molecule has 0 aliphatic heterocycles. The van der Waals surface area contributed by atoms with Crippen LogP contribution in [-0.2, 0) is 14.9 Å². The zero-order valence-electron chi connectivity index (χ0n) is 8.00. The molecule has 0 aliphatic carbocycles. The Kier molecular flexibility index (Phi) is 3.43. The maximum atomic E-state index is 11.0. The Morgan fingerprint density at radius 2 is 2.00 bits per heavy atom. The third-order valence-electron chi connectivity index (χ3n) is 1.64. The molecule has 0 unspecified atom stereocenters. The smallest absolute Gasteiger partial charge is 0.310 e. The molecule has 0 atom stereocenters. The Morgan fingerprint density at radius 3 is 2.53 bits per heavy atom. The maximum Gasteiger partial charge on any atom is 0.310 e. The fourth-order valence-electron chi connectivity index (χ4n) is 0.942. The molecule has 0 saturated heterocycles. The van der Waals surface area contributed by atoms with Gasteiger partial charge in [0.05, 0.1) is 0 Å². The second-order valence-electron chi connectivity index (χ2n) is 2.75. The van der Waals surface area contributed by atoms with Crippen molar-refractivity contribution >= 4 is 16.1 Å². The predicted molar refractivity (Wildman–Crippen MR) is 52.2 cm³/mol. The van der Waals surface area contributed by atoms with Crippen LogP contribution in [0, 0.1) is 0 Å². The van der Waals surface area contributed by atoms with Gasteiger partial charge in [0.15, 0.2) is 5.75 Å². The Balaban J connectivity index is 3.13. The van der Waals surface area contributed by atoms with Crippen LogP contribution in [0.4, 0.5) is 0 Å². The van der Waals surface area contributed by atoms with Gasteiger partial charge in [0.1, 0.15) is 4.90 Å². The maximum absolute atomic E-state index is 11.0. The lowest BCUT2D eigenvalue weighted by molar-refractivity contribution is -0.134. The van der Waals surface area contributed by atoms with Gasteiger partial charge in [-0.05, 0) is 12.1 Å². The van der Waals surface area contributed by atoms with Gasteiger partial charge in [0.2, 0.25) is 0 Å². The van der Waals surface area contributed by atoms with E-state index in [-0.39, 0.29) is 12.2 Å². The topological polar surface area (TPSA) is 80.7 Å². The minimum atomic E-state index is -4.36. The second-order valence-corrected chi connectivity index (χ2v) is 4.14. The number of hydrogen-bond donors (Lipinski definition) is 1. The van der Waals surface area contributed by atoms with Crippen molar-refractivity contribution in [2.75, 3.05) is 0 Å². The van der Waals surface area contributed by atoms with Gasteiger partial charge in [0.25, 0.3) is 10.1 Å². The molecule has 5 nitrogen and oxygen atoms in total. The van der Waals surface area contributed by atoms with E-state index in [1.807, 2.05) is 0 Å². The van der Waals surface area contributed by atoms with Crippen molar-refractivity contribution in [3.05, 3.63) is 24.3 Å². The first-order chi connectivity index (χ1) is 6.95. The van der Waals surface area contributed by atoms with E-state index >= 15 is 0 Å². The van der Waals surface area contributed by atoms with Gasteiger partial charge in [-0.1, -0.05) is 19.1 Å². The number of para-hydroxylation sites is 1. The summed E-state index contributed by atoms with van der Waals surface area (Å²) in [7, 11) is -4.36. The highest BCUT2D eigenvalue weighted by Crippen LogP contribution is 2.23. The van der Waals surface area contributed by atoms with Crippen molar-refractivity contribution in [1.29, 1.82) is 0 Å². The molecule has 0 bridgehead atoms. The van der Waals surface area contributed by atoms with Crippen molar-refractivity contribution in [1.82, 2.24) is 0 Å². The van der Waals surface area contributed by atoms with E-state index in [2.05, 4.69) is 0 Å². The van der Waals surface area contributed by atoms with E-state index in [0.717, 1.165) is 6.07 Å². The first-order valence-corrected chi connectivity index (χ1v) is 5.66. The number of carbonyl (C=O) groups excluding carboxylic acids is 1. The number of ether oxygens (including phenoxy) is 1. The van der Waals surface area contributed by atoms with Gasteiger partial charge in [-0.25, -0.2) is 0 Å². The fraction of sp³-hybridized carbons (Fsp3) is 0.222. The summed E-state index contributed by atoms with van der Waals surface area (Å²) in [4.78, 5) is 10.6. The highest BCUT2D eigenvalue weighted by atomic mass is 32.2. The average Bonchev–Trinajstić information content (AvgIpc) is 2.17. The van der Waals surface area contributed by atoms with Gasteiger partial charge >= 0.3 is 5.97 Å². The Hall–Kier alpha value is -1.40. The van der Waals surface area contributed by atoms with E-state index < -0.39 is 21.0 Å². The summed E-state index contributed by atoms with van der Waals surface area (Å²) in [5.41, 5.74) is 0. The molecule has 6 heteroatoms. The standard InChI is InChI=1S/C9H10O5S/c1-2-9(10)14-7-5-3-4-6-8(7)15(11,12)13/h3-6H,2H2,1H3,(H,11,12,13). The zero-order chi connectivity index (χ0) is 11.5. The van der Waals surface area contributed by atoms with Gasteiger partial charge in [-0.2, -0.15) is 8.42 Å². The molecule has 0 amide bonds. The van der Waals surface area contributed by atoms with Gasteiger partial charge in [0, 0.05) is 6.42 Å². The molecule has 0 fully saturated rings. The third-order valence-corrected chi connectivity index (χ3v) is 2.53. The minimum Gasteiger partial charge on any atom is -0.425 e. The summed E-state index contributed by atoms with van der Waals surface area (Å²) in [6.45, 7) is 1.58. The van der Waals surface area contributed by atoms with Crippen molar-refractivity contribution in [3.63, 3.8) is 0 Å². The molecular formula is C9H10O5S. The Morgan fingerprint density at radius 1 is 1.40 bits per heavy atom. The second kappa shape index (κ2) is 4.41. The van der Waals surface area contributed by atoms with Crippen LogP contribution in [0.5, 0.6) is 5.75 Å². The number of carbonyl (C=O) groups is 1. The predicted octanol–water partition coefficient (Wildman–Crippen LogP) is 1.25. The Labute approximate surface area is 87.4 Å². The minimum absolute atomic E-state index is 0.125. The summed E-state index contributed by atoms with van der Waals surface area (Å²) in [6.07, 6.45) is 0.125. The first kappa shape index (κ1) is 11.7. The van der Waals surface area contributed by atoms with Crippen LogP contribution in [0.2, 0.25) is 0 Å². The molecule has 0 aliphatic rings. The third kappa shape index (κ3) is 3.03. The summed E-state index contributed by atoms with van der Waals surface area (Å²) < 4.78 is 35.4. The largest absolute Gasteiger partial charge is 0.425 e. The van der Waals surface area contributed by atoms with Crippen LogP contribution in [0.25, 0.3) is 0 Å². The summed E-state index contributed by atoms with van der Waals surface area (Å²) in [6, 6.07) is 5.39. The molecular weight excluding hydrogens is 220 g/mol. The SMILES string of the molecule is CCC(=O)Oc1ccccc1S(=O)(=O)O. The lowest BCUT2D eigenvalue weighted by Crippen LogP contribution is -2.09. The van der Waals surface area contributed by atoms with Crippen LogP contribution in [0.1, 0.15) is 13.3 Å². The molecule has 0 heterocycles. The molecule has 0 spiro atoms. The van der Waals surface area contributed by atoms with Gasteiger partial charge in [-0.3, -0.25) is 9.35 Å². The van der Waals surface area contributed by atoms with Crippen LogP contribution in [0.3, 0.4) is 0 Å². The molecule has 1 aromatic carbocycles. The average molecular weight is 230 g/mol. The molecule has 0 radical (unpaired) electrons. The van der Waals surface area contributed by atoms with Gasteiger partial charge in [-0.15, -0.1) is 0 Å². The molecule has 0 aromatic heterocycles. The lowest BCUT2D eigenvalue weighted by Gasteiger charge is -2.06. The van der Waals surface area contributed by atoms with Crippen molar-refractivity contribution in [3.8, 4) is 5.75 Å². The highest BCUT2D eigenvalue weighted by Gasteiger charge is 2.17. The normalized spacial score (nSPS) is 11.1. The van der Waals surface area contributed by atoms with Crippen LogP contribution >= 0.6 is 0 Å². The van der Waals surface area contributed by atoms with Crippen LogP contribution < -0.4 is 4.74 Å². The molecule has 1 N–H and O–H groups in total. The van der Waals surface area contributed by atoms with Gasteiger partial charge < -0.3 is 4.74 Å². The van der Waals surface area contributed by atoms with E-state index in [0.29, 0.717) is 0 Å². The lowest BCUT2D eigenvalue weighted by atomic mass is 10.3. The van der Waals surface area contributed by atoms with Crippen LogP contribution in [0.15, 0.2) is 29.2 Å². The van der Waals surface area contributed by atoms with E-state index in [4.69, 9.17) is 9.29 Å². The number of rotatable bonds is 3. The van der Waals surface area contributed by atoms with E-state index in [1.54, 1.807) is 6.92 Å². The van der Waals surface area contributed by atoms with Crippen molar-refractivity contribution in [2.24, 2.45) is 0 Å². The first-order valence-electron chi connectivity index (χ1n) is 4.22. The van der Waals surface area contributed by atoms with E-state index in [1.165, 1.54) is 18.2 Å². The number of esters is 1. The molecule has 82 valence electrons.